The van der Waals surface area contributed by atoms with Gasteiger partial charge >= 0.3 is 0 Å². The van der Waals surface area contributed by atoms with Crippen molar-refractivity contribution in [2.75, 3.05) is 0 Å². The second-order valence-electron chi connectivity index (χ2n) is 2.74. The van der Waals surface area contributed by atoms with Crippen molar-refractivity contribution in [2.45, 2.75) is 18.6 Å². The lowest BCUT2D eigenvalue weighted by molar-refractivity contribution is 1.57. The van der Waals surface area contributed by atoms with Crippen LogP contribution in [-0.2, 0) is 0 Å². The zero-order valence-electron chi connectivity index (χ0n) is 5.35. The minimum atomic E-state index is -0.907. The van der Waals surface area contributed by atoms with Gasteiger partial charge in [-0.1, -0.05) is 18.7 Å². The van der Waals surface area contributed by atoms with Crippen LogP contribution >= 0.6 is 0 Å². The fourth-order valence-corrected chi connectivity index (χ4v) is 2.87. The van der Waals surface area contributed by atoms with E-state index in [0.717, 1.165) is 0 Å². The molecule has 44 valence electrons. The van der Waals surface area contributed by atoms with Crippen LogP contribution in [0.15, 0.2) is 24.4 Å². The van der Waals surface area contributed by atoms with Crippen LogP contribution in [-0.4, -0.2) is 8.07 Å². The zero-order chi connectivity index (χ0) is 6.04. The molecule has 0 aliphatic carbocycles. The summed E-state index contributed by atoms with van der Waals surface area (Å²) in [7, 11) is -0.907. The lowest BCUT2D eigenvalue weighted by Gasteiger charge is -2.12. The van der Waals surface area contributed by atoms with Gasteiger partial charge in [0.05, 0.1) is 8.07 Å². The summed E-state index contributed by atoms with van der Waals surface area (Å²) in [5.41, 5.74) is 2.19. The Balaban J connectivity index is 2.58. The molecule has 0 N–H and O–H groups in total. The molecule has 0 saturated carbocycles. The lowest BCUT2D eigenvalue weighted by atomic mass is 10.6. The normalized spacial score (nSPS) is 23.6. The van der Waals surface area contributed by atoms with E-state index in [4.69, 9.17) is 0 Å². The van der Waals surface area contributed by atoms with Crippen LogP contribution in [0.3, 0.4) is 0 Å². The fraction of sp³-hybridized carbons (Fsp3) is 0.429. The molecule has 1 heterocycles. The maximum atomic E-state index is 3.84. The van der Waals surface area contributed by atoms with Crippen molar-refractivity contribution in [3.8, 4) is 0 Å². The maximum Gasteiger partial charge on any atom is 0.0813 e. The van der Waals surface area contributed by atoms with Crippen molar-refractivity contribution in [1.82, 2.24) is 0 Å². The van der Waals surface area contributed by atoms with Gasteiger partial charge in [-0.15, -0.1) is 12.3 Å². The molecule has 0 bridgehead atoms. The Morgan fingerprint density at radius 3 is 2.25 bits per heavy atom. The zero-order valence-corrected chi connectivity index (χ0v) is 6.35. The largest absolute Gasteiger partial charge is 0.107 e. The van der Waals surface area contributed by atoms with Crippen molar-refractivity contribution in [3.63, 3.8) is 0 Å². The van der Waals surface area contributed by atoms with E-state index < -0.39 is 8.07 Å². The Hall–Kier alpha value is -0.303. The summed E-state index contributed by atoms with van der Waals surface area (Å²) in [6.07, 6.45) is 4.57. The van der Waals surface area contributed by atoms with Crippen molar-refractivity contribution in [3.05, 3.63) is 24.4 Å². The first-order chi connectivity index (χ1) is 3.77. The Morgan fingerprint density at radius 2 is 2.00 bits per heavy atom. The molecular formula is C7H12Si. The topological polar surface area (TPSA) is 0 Å². The maximum absolute atomic E-state index is 3.84. The van der Waals surface area contributed by atoms with E-state index in [-0.39, 0.29) is 0 Å². The van der Waals surface area contributed by atoms with Gasteiger partial charge in [-0.05, 0) is 12.1 Å². The first-order valence-corrected chi connectivity index (χ1v) is 6.05. The van der Waals surface area contributed by atoms with E-state index in [1.807, 2.05) is 0 Å². The minimum Gasteiger partial charge on any atom is -0.107 e. The molecule has 0 nitrogen and oxygen atoms in total. The molecule has 1 aliphatic heterocycles. The molecule has 8 heavy (non-hydrogen) atoms. The number of allylic oxidation sites excluding steroid dienone is 2. The van der Waals surface area contributed by atoms with Crippen LogP contribution in [0.25, 0.3) is 0 Å². The molecule has 0 fully saturated rings. The number of rotatable bonds is 1. The Morgan fingerprint density at radius 1 is 1.50 bits per heavy atom. The molecule has 0 aromatic carbocycles. The molecule has 1 heteroatoms. The average molecular weight is 124 g/mol. The van der Waals surface area contributed by atoms with Crippen molar-refractivity contribution in [1.29, 1.82) is 0 Å². The van der Waals surface area contributed by atoms with Gasteiger partial charge in [-0.25, -0.2) is 0 Å². The third-order valence-corrected chi connectivity index (χ3v) is 5.15. The minimum absolute atomic E-state index is 0.907. The fourth-order valence-electron chi connectivity index (χ4n) is 0.955. The van der Waals surface area contributed by atoms with Crippen molar-refractivity contribution < 1.29 is 0 Å². The van der Waals surface area contributed by atoms with Gasteiger partial charge < -0.3 is 0 Å². The number of hydrogen-bond donors (Lipinski definition) is 0. The molecule has 0 aromatic heterocycles. The van der Waals surface area contributed by atoms with Crippen LogP contribution in [0.5, 0.6) is 0 Å². The van der Waals surface area contributed by atoms with Crippen LogP contribution < -0.4 is 0 Å². The highest BCUT2D eigenvalue weighted by molar-refractivity contribution is 6.84. The molecule has 1 aliphatic rings. The highest BCUT2D eigenvalue weighted by Gasteiger charge is 2.22. The molecule has 0 saturated heterocycles. The summed E-state index contributed by atoms with van der Waals surface area (Å²) in [6, 6.07) is 2.63. The summed E-state index contributed by atoms with van der Waals surface area (Å²) < 4.78 is 0. The van der Waals surface area contributed by atoms with Gasteiger partial charge in [0.2, 0.25) is 0 Å². The average Bonchev–Trinajstić information content (AvgIpc) is 2.17. The smallest absolute Gasteiger partial charge is 0.0813 e. The monoisotopic (exact) mass is 124 g/mol. The highest BCUT2D eigenvalue weighted by Crippen LogP contribution is 2.23. The van der Waals surface area contributed by atoms with Crippen LogP contribution in [0.2, 0.25) is 18.6 Å². The lowest BCUT2D eigenvalue weighted by Crippen LogP contribution is -2.21. The summed E-state index contributed by atoms with van der Waals surface area (Å²) in [5.74, 6) is 0. The Bertz CT molecular complexity index is 116. The third-order valence-electron chi connectivity index (χ3n) is 1.83. The Labute approximate surface area is 51.9 Å². The van der Waals surface area contributed by atoms with Crippen LogP contribution in [0, 0.1) is 0 Å². The first-order valence-electron chi connectivity index (χ1n) is 3.05. The molecule has 0 amide bonds. The standard InChI is InChI=1S/C7H12Si/c1-3-8(2)6-4-5-7-8/h3-5H,1,6-7H2,2H3. The van der Waals surface area contributed by atoms with E-state index in [1.54, 1.807) is 0 Å². The van der Waals surface area contributed by atoms with E-state index in [1.165, 1.54) is 12.1 Å². The van der Waals surface area contributed by atoms with E-state index in [0.29, 0.717) is 0 Å². The van der Waals surface area contributed by atoms with E-state index in [2.05, 4.69) is 31.0 Å². The quantitative estimate of drug-likeness (QED) is 0.372. The van der Waals surface area contributed by atoms with Crippen LogP contribution in [0.1, 0.15) is 0 Å². The second-order valence-corrected chi connectivity index (χ2v) is 7.27. The first kappa shape index (κ1) is 5.83. The third kappa shape index (κ3) is 0.919. The van der Waals surface area contributed by atoms with Gasteiger partial charge in [0, 0.05) is 0 Å². The number of hydrogen-bond acceptors (Lipinski definition) is 0. The predicted octanol–water partition coefficient (Wildman–Crippen LogP) is 2.36. The summed E-state index contributed by atoms with van der Waals surface area (Å²) in [4.78, 5) is 0. The van der Waals surface area contributed by atoms with Gasteiger partial charge in [0.25, 0.3) is 0 Å². The molecule has 0 atom stereocenters. The summed E-state index contributed by atoms with van der Waals surface area (Å²) in [6.45, 7) is 6.21. The predicted molar refractivity (Wildman–Crippen MR) is 40.6 cm³/mol. The van der Waals surface area contributed by atoms with Gasteiger partial charge in [-0.3, -0.25) is 0 Å². The van der Waals surface area contributed by atoms with Crippen LogP contribution in [0.4, 0.5) is 0 Å². The second kappa shape index (κ2) is 1.90. The molecular weight excluding hydrogens is 112 g/mol. The molecule has 1 rings (SSSR count). The molecule has 0 radical (unpaired) electrons. The Kier molecular flexibility index (Phi) is 1.38. The molecule has 0 unspecified atom stereocenters. The summed E-state index contributed by atoms with van der Waals surface area (Å²) >= 11 is 0. The molecule has 0 spiro atoms. The van der Waals surface area contributed by atoms with E-state index in [9.17, 15) is 0 Å². The molecule has 0 aromatic rings. The van der Waals surface area contributed by atoms with E-state index >= 15 is 0 Å². The van der Waals surface area contributed by atoms with Gasteiger partial charge in [0.1, 0.15) is 0 Å². The van der Waals surface area contributed by atoms with Gasteiger partial charge in [-0.2, -0.15) is 0 Å². The van der Waals surface area contributed by atoms with Crippen molar-refractivity contribution in [2.24, 2.45) is 0 Å². The SMILES string of the molecule is C=C[Si]1(C)CC=CC1. The van der Waals surface area contributed by atoms with Gasteiger partial charge in [0.15, 0.2) is 0 Å². The highest BCUT2D eigenvalue weighted by atomic mass is 28.3. The summed E-state index contributed by atoms with van der Waals surface area (Å²) in [5, 5.41) is 0. The van der Waals surface area contributed by atoms with Crippen molar-refractivity contribution >= 4 is 8.07 Å².